The van der Waals surface area contributed by atoms with Crippen molar-refractivity contribution in [3.63, 3.8) is 0 Å². The molecule has 0 saturated carbocycles. The molecule has 7 nitrogen and oxygen atoms in total. The number of aromatic hydroxyl groups is 1. The van der Waals surface area contributed by atoms with E-state index in [2.05, 4.69) is 4.72 Å². The first-order chi connectivity index (χ1) is 13.2. The third-order valence-corrected chi connectivity index (χ3v) is 6.16. The lowest BCUT2D eigenvalue weighted by Gasteiger charge is -2.09. The van der Waals surface area contributed by atoms with Gasteiger partial charge in [0.2, 0.25) is 10.0 Å². The molecule has 0 aromatic heterocycles. The summed E-state index contributed by atoms with van der Waals surface area (Å²) in [5.74, 6) is 0.403. The van der Waals surface area contributed by atoms with Crippen LogP contribution in [0.3, 0.4) is 0 Å². The number of phenolic OH excluding ortho intramolecular Hbond substituents is 1. The van der Waals surface area contributed by atoms with Crippen molar-refractivity contribution in [3.05, 3.63) is 53.6 Å². The van der Waals surface area contributed by atoms with Crippen molar-refractivity contribution in [1.29, 1.82) is 0 Å². The fourth-order valence-electron chi connectivity index (χ4n) is 2.36. The Morgan fingerprint density at radius 3 is 2.43 bits per heavy atom. The molecule has 9 heteroatoms. The smallest absolute Gasteiger partial charge is 0.240 e. The fourth-order valence-corrected chi connectivity index (χ4v) is 3.90. The molecule has 0 unspecified atom stereocenters. The van der Waals surface area contributed by atoms with Crippen LogP contribution in [-0.4, -0.2) is 43.8 Å². The Hall–Kier alpha value is -2.36. The molecule has 0 bridgehead atoms. The summed E-state index contributed by atoms with van der Waals surface area (Å²) in [5, 5.41) is 9.70. The van der Waals surface area contributed by atoms with Crippen molar-refractivity contribution in [3.8, 4) is 11.5 Å². The van der Waals surface area contributed by atoms with Crippen LogP contribution in [0, 0.1) is 0 Å². The van der Waals surface area contributed by atoms with Gasteiger partial charge in [-0.3, -0.25) is 9.59 Å². The maximum absolute atomic E-state index is 12.4. The van der Waals surface area contributed by atoms with Crippen molar-refractivity contribution < 1.29 is 27.9 Å². The zero-order valence-electron chi connectivity index (χ0n) is 15.5. The van der Waals surface area contributed by atoms with Gasteiger partial charge in [0.05, 0.1) is 17.8 Å². The summed E-state index contributed by atoms with van der Waals surface area (Å²) in [7, 11) is -2.25. The second kappa shape index (κ2) is 9.72. The number of ether oxygens (including phenoxy) is 1. The number of nitrogens with one attached hydrogen (secondary N) is 1. The SMILES string of the molecule is COc1ccc(O)c(CCNS(=O)(=O)c2ccc(C(=O)CSC(C)=O)cc2)c1. The first-order valence-corrected chi connectivity index (χ1v) is 10.8. The number of Topliss-reactive ketones (excluding diaryl/α,β-unsaturated/α-hetero) is 1. The van der Waals surface area contributed by atoms with Gasteiger partial charge in [0.25, 0.3) is 0 Å². The second-order valence-corrected chi connectivity index (χ2v) is 8.79. The zero-order valence-corrected chi connectivity index (χ0v) is 17.1. The highest BCUT2D eigenvalue weighted by atomic mass is 32.2. The van der Waals surface area contributed by atoms with E-state index in [1.54, 1.807) is 12.1 Å². The molecule has 0 aliphatic heterocycles. The Labute approximate surface area is 168 Å². The number of ketones is 1. The topological polar surface area (TPSA) is 110 Å². The van der Waals surface area contributed by atoms with E-state index >= 15 is 0 Å². The maximum Gasteiger partial charge on any atom is 0.240 e. The zero-order chi connectivity index (χ0) is 20.7. The van der Waals surface area contributed by atoms with Crippen LogP contribution in [0.2, 0.25) is 0 Å². The van der Waals surface area contributed by atoms with Crippen LogP contribution in [0.25, 0.3) is 0 Å². The van der Waals surface area contributed by atoms with Gasteiger partial charge in [-0.15, -0.1) is 0 Å². The first kappa shape index (κ1) is 21.9. The van der Waals surface area contributed by atoms with E-state index in [9.17, 15) is 23.1 Å². The molecule has 2 aromatic rings. The summed E-state index contributed by atoms with van der Waals surface area (Å²) in [6.07, 6.45) is 0.279. The largest absolute Gasteiger partial charge is 0.508 e. The normalized spacial score (nSPS) is 11.2. The first-order valence-electron chi connectivity index (χ1n) is 8.35. The van der Waals surface area contributed by atoms with Crippen molar-refractivity contribution in [1.82, 2.24) is 4.72 Å². The quantitative estimate of drug-likeness (QED) is 0.596. The molecule has 0 atom stereocenters. The average molecular weight is 424 g/mol. The predicted molar refractivity (Wildman–Crippen MR) is 107 cm³/mol. The fraction of sp³-hybridized carbons (Fsp3) is 0.263. The second-order valence-electron chi connectivity index (χ2n) is 5.87. The Morgan fingerprint density at radius 2 is 1.82 bits per heavy atom. The van der Waals surface area contributed by atoms with E-state index in [1.165, 1.54) is 44.4 Å². The number of benzene rings is 2. The molecular formula is C19H21NO6S2. The molecule has 0 fully saturated rings. The number of carbonyl (C=O) groups is 2. The third kappa shape index (κ3) is 6.08. The number of carbonyl (C=O) groups excluding carboxylic acids is 2. The van der Waals surface area contributed by atoms with Crippen LogP contribution >= 0.6 is 11.8 Å². The monoisotopic (exact) mass is 423 g/mol. The number of hydrogen-bond acceptors (Lipinski definition) is 7. The molecule has 150 valence electrons. The van der Waals surface area contributed by atoms with Crippen LogP contribution in [0.1, 0.15) is 22.8 Å². The standard InChI is InChI=1S/C19H21NO6S2/c1-13(21)27-12-19(23)14-3-6-17(7-4-14)28(24,25)20-10-9-15-11-16(26-2)5-8-18(15)22/h3-8,11,20,22H,9-10,12H2,1-2H3. The maximum atomic E-state index is 12.4. The van der Waals surface area contributed by atoms with Crippen molar-refractivity contribution in [2.45, 2.75) is 18.2 Å². The highest BCUT2D eigenvalue weighted by molar-refractivity contribution is 8.14. The molecule has 0 heterocycles. The number of thioether (sulfide) groups is 1. The third-order valence-electron chi connectivity index (χ3n) is 3.87. The van der Waals surface area contributed by atoms with Gasteiger partial charge in [-0.25, -0.2) is 13.1 Å². The van der Waals surface area contributed by atoms with Crippen LogP contribution in [0.5, 0.6) is 11.5 Å². The summed E-state index contributed by atoms with van der Waals surface area (Å²) in [6, 6.07) is 10.3. The van der Waals surface area contributed by atoms with Crippen molar-refractivity contribution >= 4 is 32.7 Å². The highest BCUT2D eigenvalue weighted by Gasteiger charge is 2.15. The summed E-state index contributed by atoms with van der Waals surface area (Å²) in [5.41, 5.74) is 0.903. The highest BCUT2D eigenvalue weighted by Crippen LogP contribution is 2.23. The van der Waals surface area contributed by atoms with Gasteiger partial charge in [-0.2, -0.15) is 0 Å². The molecule has 0 saturated heterocycles. The van der Waals surface area contributed by atoms with E-state index in [1.807, 2.05) is 0 Å². The van der Waals surface area contributed by atoms with E-state index in [0.717, 1.165) is 11.8 Å². The van der Waals surface area contributed by atoms with Gasteiger partial charge in [-0.1, -0.05) is 23.9 Å². The Morgan fingerprint density at radius 1 is 1.14 bits per heavy atom. The Bertz CT molecular complexity index is 955. The molecular weight excluding hydrogens is 402 g/mol. The minimum atomic E-state index is -3.76. The Kier molecular flexibility index (Phi) is 7.61. The summed E-state index contributed by atoms with van der Waals surface area (Å²) in [6.45, 7) is 1.46. The van der Waals surface area contributed by atoms with Gasteiger partial charge in [0.1, 0.15) is 11.5 Å². The van der Waals surface area contributed by atoms with E-state index in [-0.39, 0.29) is 40.3 Å². The lowest BCUT2D eigenvalue weighted by molar-refractivity contribution is -0.109. The molecule has 28 heavy (non-hydrogen) atoms. The van der Waals surface area contributed by atoms with Crippen LogP contribution in [0.15, 0.2) is 47.4 Å². The predicted octanol–water partition coefficient (Wildman–Crippen LogP) is 2.38. The van der Waals surface area contributed by atoms with E-state index in [0.29, 0.717) is 16.9 Å². The van der Waals surface area contributed by atoms with Gasteiger partial charge in [0, 0.05) is 19.0 Å². The molecule has 0 radical (unpaired) electrons. The minimum absolute atomic E-state index is 0.0176. The average Bonchev–Trinajstić information content (AvgIpc) is 2.67. The van der Waals surface area contributed by atoms with Gasteiger partial charge in [0.15, 0.2) is 10.9 Å². The molecule has 2 rings (SSSR count). The molecule has 0 amide bonds. The van der Waals surface area contributed by atoms with Crippen LogP contribution in [0.4, 0.5) is 0 Å². The number of sulfonamides is 1. The summed E-state index contributed by atoms with van der Waals surface area (Å²) in [4.78, 5) is 22.9. The minimum Gasteiger partial charge on any atom is -0.508 e. The van der Waals surface area contributed by atoms with E-state index < -0.39 is 10.0 Å². The molecule has 0 aliphatic carbocycles. The van der Waals surface area contributed by atoms with Crippen LogP contribution < -0.4 is 9.46 Å². The lowest BCUT2D eigenvalue weighted by atomic mass is 10.1. The number of rotatable bonds is 9. The van der Waals surface area contributed by atoms with Gasteiger partial charge < -0.3 is 9.84 Å². The van der Waals surface area contributed by atoms with Crippen molar-refractivity contribution in [2.75, 3.05) is 19.4 Å². The summed E-state index contributed by atoms with van der Waals surface area (Å²) < 4.78 is 32.3. The molecule has 0 spiro atoms. The van der Waals surface area contributed by atoms with Gasteiger partial charge in [-0.05, 0) is 42.3 Å². The molecule has 2 aromatic carbocycles. The summed E-state index contributed by atoms with van der Waals surface area (Å²) >= 11 is 0.908. The number of phenols is 1. The van der Waals surface area contributed by atoms with E-state index in [4.69, 9.17) is 4.74 Å². The number of methoxy groups -OCH3 is 1. The van der Waals surface area contributed by atoms with Crippen LogP contribution in [-0.2, 0) is 21.2 Å². The lowest BCUT2D eigenvalue weighted by Crippen LogP contribution is -2.26. The number of hydrogen-bond donors (Lipinski definition) is 2. The van der Waals surface area contributed by atoms with Crippen molar-refractivity contribution in [2.24, 2.45) is 0 Å². The Balaban J connectivity index is 1.99. The molecule has 0 aliphatic rings. The van der Waals surface area contributed by atoms with Gasteiger partial charge >= 0.3 is 0 Å². The molecule has 2 N–H and O–H groups in total.